The van der Waals surface area contributed by atoms with Crippen molar-refractivity contribution in [3.05, 3.63) is 11.8 Å². The molecule has 1 aliphatic carbocycles. The summed E-state index contributed by atoms with van der Waals surface area (Å²) in [6.07, 6.45) is -3.57. The molecule has 0 unspecified atom stereocenters. The highest BCUT2D eigenvalue weighted by Gasteiger charge is 2.52. The summed E-state index contributed by atoms with van der Waals surface area (Å²) in [7, 11) is 1.55. The molecule has 13 nitrogen and oxygen atoms in total. The van der Waals surface area contributed by atoms with Crippen molar-refractivity contribution in [2.75, 3.05) is 33.4 Å². The summed E-state index contributed by atoms with van der Waals surface area (Å²) >= 11 is 0. The zero-order valence-corrected chi connectivity index (χ0v) is 19.7. The molecule has 0 spiro atoms. The number of ether oxygens (including phenoxy) is 4. The molecule has 0 aromatic carbocycles. The van der Waals surface area contributed by atoms with Crippen LogP contribution < -0.4 is 27.8 Å². The minimum Gasteiger partial charge on any atom is -0.467 e. The van der Waals surface area contributed by atoms with Crippen molar-refractivity contribution in [1.82, 2.24) is 10.6 Å². The standard InChI is InChI=1S/C21H41N5O8/c1-3-26-13-6-12(24)16(33-19-11(23)5-4-10(7-22)32-19)14(28)17(13)34-20-15(29)18(25-2)21(30,8-27)9-31-20/h4,11-20,25-30H,3,5-9,22-24H2,1-2H3/t11-,12+,13-,14+,15-,16-,17+,18-,19-,20-,21+/m1/s1. The number of aliphatic hydroxyl groups is 4. The van der Waals surface area contributed by atoms with Crippen molar-refractivity contribution >= 4 is 0 Å². The number of likely N-dealkylation sites (N-methyl/N-ethyl adjacent to an activating group) is 2. The van der Waals surface area contributed by atoms with Gasteiger partial charge in [0.2, 0.25) is 6.29 Å². The van der Waals surface area contributed by atoms with Crippen LogP contribution in [0.5, 0.6) is 0 Å². The van der Waals surface area contributed by atoms with Gasteiger partial charge in [0.05, 0.1) is 31.8 Å². The van der Waals surface area contributed by atoms with Crippen LogP contribution >= 0.6 is 0 Å². The summed E-state index contributed by atoms with van der Waals surface area (Å²) in [5.41, 5.74) is 16.5. The highest BCUT2D eigenvalue weighted by atomic mass is 16.7. The molecular formula is C21H41N5O8. The van der Waals surface area contributed by atoms with E-state index in [4.69, 9.17) is 36.1 Å². The molecule has 0 bridgehead atoms. The van der Waals surface area contributed by atoms with E-state index in [-0.39, 0.29) is 19.2 Å². The molecule has 34 heavy (non-hydrogen) atoms. The third-order valence-corrected chi connectivity index (χ3v) is 6.78. The van der Waals surface area contributed by atoms with E-state index in [1.807, 2.05) is 13.0 Å². The molecule has 11 atom stereocenters. The molecule has 2 fully saturated rings. The fourth-order valence-electron chi connectivity index (χ4n) is 4.88. The predicted octanol–water partition coefficient (Wildman–Crippen LogP) is -4.23. The zero-order chi connectivity index (χ0) is 25.0. The molecule has 1 saturated heterocycles. The smallest absolute Gasteiger partial charge is 0.215 e. The molecule has 0 aromatic rings. The predicted molar refractivity (Wildman–Crippen MR) is 121 cm³/mol. The van der Waals surface area contributed by atoms with E-state index in [0.717, 1.165) is 0 Å². The average Bonchev–Trinajstić information content (AvgIpc) is 2.82. The van der Waals surface area contributed by atoms with E-state index in [0.29, 0.717) is 25.1 Å². The van der Waals surface area contributed by atoms with Gasteiger partial charge in [-0.3, -0.25) is 0 Å². The first kappa shape index (κ1) is 27.6. The fourth-order valence-corrected chi connectivity index (χ4v) is 4.88. The number of nitrogens with two attached hydrogens (primary N) is 3. The van der Waals surface area contributed by atoms with Crippen LogP contribution in [0.25, 0.3) is 0 Å². The maximum absolute atomic E-state index is 11.3. The summed E-state index contributed by atoms with van der Waals surface area (Å²) in [5, 5.41) is 48.3. The number of hydrogen-bond acceptors (Lipinski definition) is 13. The summed E-state index contributed by atoms with van der Waals surface area (Å²) in [6.45, 7) is 1.82. The van der Waals surface area contributed by atoms with Gasteiger partial charge in [-0.2, -0.15) is 0 Å². The van der Waals surface area contributed by atoms with Gasteiger partial charge in [-0.25, -0.2) is 0 Å². The van der Waals surface area contributed by atoms with Crippen LogP contribution in [0.15, 0.2) is 11.8 Å². The lowest BCUT2D eigenvalue weighted by Gasteiger charge is -2.49. The van der Waals surface area contributed by atoms with Crippen molar-refractivity contribution < 1.29 is 39.4 Å². The lowest BCUT2D eigenvalue weighted by molar-refractivity contribution is -0.309. The molecular weight excluding hydrogens is 450 g/mol. The Kier molecular flexibility index (Phi) is 9.65. The molecule has 2 heterocycles. The molecule has 0 amide bonds. The molecule has 3 aliphatic rings. The molecule has 12 N–H and O–H groups in total. The Hall–Kier alpha value is -0.940. The quantitative estimate of drug-likeness (QED) is 0.149. The highest BCUT2D eigenvalue weighted by molar-refractivity contribution is 5.05. The van der Waals surface area contributed by atoms with Gasteiger partial charge in [-0.15, -0.1) is 0 Å². The van der Waals surface area contributed by atoms with E-state index in [2.05, 4.69) is 10.6 Å². The van der Waals surface area contributed by atoms with Crippen molar-refractivity contribution in [1.29, 1.82) is 0 Å². The van der Waals surface area contributed by atoms with E-state index in [1.54, 1.807) is 7.05 Å². The maximum atomic E-state index is 11.3. The molecule has 0 aromatic heterocycles. The van der Waals surface area contributed by atoms with Crippen molar-refractivity contribution in [2.45, 2.75) is 86.5 Å². The summed E-state index contributed by atoms with van der Waals surface area (Å²) in [6, 6.07) is -2.29. The lowest BCUT2D eigenvalue weighted by Crippen LogP contribution is -2.70. The first-order valence-corrected chi connectivity index (χ1v) is 11.8. The van der Waals surface area contributed by atoms with Crippen LogP contribution in [0.4, 0.5) is 0 Å². The second kappa shape index (κ2) is 11.9. The number of aliphatic hydroxyl groups excluding tert-OH is 3. The molecule has 2 aliphatic heterocycles. The highest BCUT2D eigenvalue weighted by Crippen LogP contribution is 2.32. The van der Waals surface area contributed by atoms with Crippen LogP contribution in [0, 0.1) is 0 Å². The Morgan fingerprint density at radius 1 is 1.15 bits per heavy atom. The summed E-state index contributed by atoms with van der Waals surface area (Å²) in [5.74, 6) is 0.553. The van der Waals surface area contributed by atoms with E-state index in [1.165, 1.54) is 0 Å². The van der Waals surface area contributed by atoms with Crippen LogP contribution in [-0.4, -0.2) is 121 Å². The molecule has 1 saturated carbocycles. The Labute approximate surface area is 199 Å². The summed E-state index contributed by atoms with van der Waals surface area (Å²) in [4.78, 5) is 0. The van der Waals surface area contributed by atoms with E-state index < -0.39 is 67.3 Å². The maximum Gasteiger partial charge on any atom is 0.215 e. The molecule has 198 valence electrons. The van der Waals surface area contributed by atoms with Crippen molar-refractivity contribution in [3.63, 3.8) is 0 Å². The van der Waals surface area contributed by atoms with Crippen LogP contribution in [0.2, 0.25) is 0 Å². The number of nitrogens with one attached hydrogen (secondary N) is 2. The second-order valence-electron chi connectivity index (χ2n) is 9.21. The fraction of sp³-hybridized carbons (Fsp3) is 0.905. The average molecular weight is 492 g/mol. The van der Waals surface area contributed by atoms with E-state index >= 15 is 0 Å². The Morgan fingerprint density at radius 2 is 1.85 bits per heavy atom. The second-order valence-corrected chi connectivity index (χ2v) is 9.21. The minimum atomic E-state index is -1.68. The third kappa shape index (κ3) is 5.72. The largest absolute Gasteiger partial charge is 0.467 e. The normalized spacial score (nSPS) is 45.5. The van der Waals surface area contributed by atoms with Gasteiger partial charge < -0.3 is 67.2 Å². The van der Waals surface area contributed by atoms with Gasteiger partial charge in [0.25, 0.3) is 0 Å². The Morgan fingerprint density at radius 3 is 2.47 bits per heavy atom. The molecule has 13 heteroatoms. The number of rotatable bonds is 9. The van der Waals surface area contributed by atoms with Crippen LogP contribution in [0.3, 0.4) is 0 Å². The van der Waals surface area contributed by atoms with Gasteiger partial charge in [0, 0.05) is 12.1 Å². The zero-order valence-electron chi connectivity index (χ0n) is 19.7. The van der Waals surface area contributed by atoms with Gasteiger partial charge in [-0.1, -0.05) is 6.92 Å². The van der Waals surface area contributed by atoms with Crippen LogP contribution in [-0.2, 0) is 18.9 Å². The molecule has 3 rings (SSSR count). The van der Waals surface area contributed by atoms with Gasteiger partial charge >= 0.3 is 0 Å². The van der Waals surface area contributed by atoms with Gasteiger partial charge in [-0.05, 0) is 32.5 Å². The Bertz CT molecular complexity index is 690. The lowest BCUT2D eigenvalue weighted by atomic mass is 9.83. The number of hydrogen-bond donors (Lipinski definition) is 9. The monoisotopic (exact) mass is 491 g/mol. The first-order valence-electron chi connectivity index (χ1n) is 11.8. The van der Waals surface area contributed by atoms with Crippen LogP contribution in [0.1, 0.15) is 19.8 Å². The van der Waals surface area contributed by atoms with Gasteiger partial charge in [0.15, 0.2) is 6.29 Å². The SMILES string of the molecule is CCN[C@@H]1C[C@H](N)[C@@H](O[C@H]2OC(CN)=CC[C@H]2N)[C@H](O)[C@H]1O[C@H]1OC[C@@](O)(CO)[C@H](NC)[C@H]1O. The van der Waals surface area contributed by atoms with E-state index in [9.17, 15) is 20.4 Å². The first-order chi connectivity index (χ1) is 16.2. The topological polar surface area (TPSA) is 220 Å². The molecule has 0 radical (unpaired) electrons. The van der Waals surface area contributed by atoms with Gasteiger partial charge in [0.1, 0.15) is 35.8 Å². The van der Waals surface area contributed by atoms with Crippen molar-refractivity contribution in [2.24, 2.45) is 17.2 Å². The van der Waals surface area contributed by atoms with Crippen molar-refractivity contribution in [3.8, 4) is 0 Å². The third-order valence-electron chi connectivity index (χ3n) is 6.78. The summed E-state index contributed by atoms with van der Waals surface area (Å²) < 4.78 is 23.4. The minimum absolute atomic E-state index is 0.198. The Balaban J connectivity index is 1.76.